The van der Waals surface area contributed by atoms with Gasteiger partial charge in [-0.1, -0.05) is 117 Å². The van der Waals surface area contributed by atoms with Crippen LogP contribution in [0.5, 0.6) is 0 Å². The second-order valence-corrected chi connectivity index (χ2v) is 15.3. The first-order valence-electron chi connectivity index (χ1n) is 17.6. The van der Waals surface area contributed by atoms with E-state index in [1.54, 1.807) is 19.1 Å². The number of rotatable bonds is 16. The fraction of sp³-hybridized carbons (Fsp3) is 0.838. The second kappa shape index (κ2) is 14.3. The molecule has 0 aliphatic heterocycles. The number of carbonyl (C=O) groups excluding carboxylic acids is 2. The molecule has 0 aromatic carbocycles. The summed E-state index contributed by atoms with van der Waals surface area (Å²) in [4.78, 5) is 27.1. The number of ether oxygens (including phenoxy) is 1. The van der Waals surface area contributed by atoms with Crippen LogP contribution in [0.25, 0.3) is 0 Å². The van der Waals surface area contributed by atoms with E-state index in [-0.39, 0.29) is 35.6 Å². The summed E-state index contributed by atoms with van der Waals surface area (Å²) in [5, 5.41) is 35.1. The number of hydrogen-bond donors (Lipinski definition) is 3. The van der Waals surface area contributed by atoms with Crippen molar-refractivity contribution in [3.05, 3.63) is 23.3 Å². The van der Waals surface area contributed by atoms with Crippen molar-refractivity contribution in [3.8, 4) is 0 Å². The number of aliphatic hydroxyl groups is 3. The maximum atomic E-state index is 14.4. The summed E-state index contributed by atoms with van der Waals surface area (Å²) >= 11 is 0. The van der Waals surface area contributed by atoms with Crippen molar-refractivity contribution in [2.24, 2.45) is 34.5 Å². The Balaban J connectivity index is 1.29. The van der Waals surface area contributed by atoms with E-state index in [0.29, 0.717) is 29.9 Å². The van der Waals surface area contributed by atoms with E-state index in [2.05, 4.69) is 27.7 Å². The average Bonchev–Trinajstić information content (AvgIpc) is 3.44. The minimum atomic E-state index is -2.09. The largest absolute Gasteiger partial charge is 0.461 e. The number of ketones is 1. The van der Waals surface area contributed by atoms with Gasteiger partial charge in [-0.05, 0) is 60.5 Å². The lowest BCUT2D eigenvalue weighted by molar-refractivity contribution is -0.185. The summed E-state index contributed by atoms with van der Waals surface area (Å²) in [6, 6.07) is 0. The first-order valence-corrected chi connectivity index (χ1v) is 17.6. The van der Waals surface area contributed by atoms with Gasteiger partial charge in [-0.3, -0.25) is 9.59 Å². The molecule has 0 heterocycles. The van der Waals surface area contributed by atoms with E-state index in [1.165, 1.54) is 64.2 Å². The molecule has 0 aromatic rings. The van der Waals surface area contributed by atoms with Gasteiger partial charge in [0.1, 0.15) is 24.4 Å². The number of Topliss-reactive ketones (excluding diaryl/α,β-unsaturated/α-hetero) is 1. The van der Waals surface area contributed by atoms with Crippen molar-refractivity contribution in [1.82, 2.24) is 0 Å². The quantitative estimate of drug-likeness (QED) is 0.0980. The monoisotopic (exact) mass is 600 g/mol. The van der Waals surface area contributed by atoms with Gasteiger partial charge < -0.3 is 20.1 Å². The van der Waals surface area contributed by atoms with Gasteiger partial charge in [0.05, 0.1) is 5.41 Å². The zero-order chi connectivity index (χ0) is 31.4. The summed E-state index contributed by atoms with van der Waals surface area (Å²) in [5.41, 5.74) is -2.65. The molecule has 6 heteroatoms. The highest BCUT2D eigenvalue weighted by molar-refractivity contribution is 5.94. The van der Waals surface area contributed by atoms with Crippen LogP contribution in [0.2, 0.25) is 0 Å². The third kappa shape index (κ3) is 6.87. The van der Waals surface area contributed by atoms with Crippen LogP contribution in [0.3, 0.4) is 0 Å². The van der Waals surface area contributed by atoms with Crippen LogP contribution in [0.4, 0.5) is 0 Å². The van der Waals surface area contributed by atoms with E-state index in [9.17, 15) is 24.9 Å². The van der Waals surface area contributed by atoms with Crippen LogP contribution in [0.15, 0.2) is 23.3 Å². The van der Waals surface area contributed by atoms with Crippen molar-refractivity contribution < 1.29 is 29.6 Å². The number of fused-ring (bicyclic) bond motifs is 3. The third-order valence-corrected chi connectivity index (χ3v) is 11.7. The number of carbonyl (C=O) groups is 2. The molecule has 2 fully saturated rings. The Bertz CT molecular complexity index is 1040. The molecule has 244 valence electrons. The van der Waals surface area contributed by atoms with Crippen molar-refractivity contribution in [2.75, 3.05) is 6.61 Å². The maximum absolute atomic E-state index is 14.4. The molecule has 8 atom stereocenters. The molecule has 0 aromatic heterocycles. The van der Waals surface area contributed by atoms with Crippen molar-refractivity contribution in [1.29, 1.82) is 0 Å². The molecule has 2 saturated carbocycles. The molecule has 1 spiro atoms. The smallest absolute Gasteiger partial charge is 0.306 e. The predicted octanol–water partition coefficient (Wildman–Crippen LogP) is 7.24. The summed E-state index contributed by atoms with van der Waals surface area (Å²) in [6.07, 6.45) is 18.3. The number of allylic oxidation sites excluding steroid dienone is 1. The fourth-order valence-electron chi connectivity index (χ4n) is 9.07. The molecule has 0 radical (unpaired) electrons. The van der Waals surface area contributed by atoms with E-state index >= 15 is 0 Å². The van der Waals surface area contributed by atoms with Gasteiger partial charge in [0.2, 0.25) is 0 Å². The SMILES string of the molecule is CCCCCCCCCCCCCCCC(=O)OCC1=CC2C(=O)C3(C=C(C)C(O)C3(O)C1O)CC(C)CC1C2C1(C)C. The summed E-state index contributed by atoms with van der Waals surface area (Å²) in [6.45, 7) is 10.3. The van der Waals surface area contributed by atoms with Gasteiger partial charge in [0.15, 0.2) is 5.78 Å². The topological polar surface area (TPSA) is 104 Å². The molecular weight excluding hydrogens is 540 g/mol. The summed E-state index contributed by atoms with van der Waals surface area (Å²) in [5.74, 6) is -0.329. The molecule has 0 amide bonds. The highest BCUT2D eigenvalue weighted by Gasteiger charge is 2.72. The molecular formula is C37H60O6. The van der Waals surface area contributed by atoms with Crippen molar-refractivity contribution in [2.45, 2.75) is 155 Å². The summed E-state index contributed by atoms with van der Waals surface area (Å²) in [7, 11) is 0. The predicted molar refractivity (Wildman–Crippen MR) is 170 cm³/mol. The zero-order valence-corrected chi connectivity index (χ0v) is 27.7. The van der Waals surface area contributed by atoms with Crippen molar-refractivity contribution in [3.63, 3.8) is 0 Å². The van der Waals surface area contributed by atoms with Gasteiger partial charge in [-0.15, -0.1) is 0 Å². The Hall–Kier alpha value is -1.50. The first-order chi connectivity index (χ1) is 20.4. The minimum Gasteiger partial charge on any atom is -0.461 e. The standard InChI is InChI=1S/C37H60O6/c1-6-7-8-9-10-11-12-13-14-15-16-17-18-19-30(38)43-24-27-21-28-31-29(35(31,4)5)20-25(2)22-36(34(28)41)23-26(3)32(39)37(36,42)33(27)40/h21,23,25,28-29,31-33,39-40,42H,6-20,22,24H2,1-5H3. The Morgan fingerprint density at radius 2 is 1.49 bits per heavy atom. The van der Waals surface area contributed by atoms with Gasteiger partial charge in [0.25, 0.3) is 0 Å². The van der Waals surface area contributed by atoms with Gasteiger partial charge in [-0.2, -0.15) is 0 Å². The van der Waals surface area contributed by atoms with Crippen LogP contribution in [-0.2, 0) is 14.3 Å². The molecule has 8 unspecified atom stereocenters. The molecule has 4 rings (SSSR count). The number of esters is 1. The average molecular weight is 601 g/mol. The second-order valence-electron chi connectivity index (χ2n) is 15.3. The Morgan fingerprint density at radius 1 is 0.930 bits per heavy atom. The summed E-state index contributed by atoms with van der Waals surface area (Å²) < 4.78 is 5.65. The normalized spacial score (nSPS) is 36.0. The Morgan fingerprint density at radius 3 is 2.07 bits per heavy atom. The Kier molecular flexibility index (Phi) is 11.4. The molecule has 2 bridgehead atoms. The highest BCUT2D eigenvalue weighted by atomic mass is 16.5. The highest BCUT2D eigenvalue weighted by Crippen LogP contribution is 2.69. The Labute approximate surface area is 260 Å². The van der Waals surface area contributed by atoms with E-state index in [4.69, 9.17) is 4.74 Å². The van der Waals surface area contributed by atoms with Crippen LogP contribution in [0.1, 0.15) is 137 Å². The van der Waals surface area contributed by atoms with E-state index in [0.717, 1.165) is 25.7 Å². The minimum absolute atomic E-state index is 0.0317. The van der Waals surface area contributed by atoms with Crippen LogP contribution < -0.4 is 0 Å². The molecule has 3 N–H and O–H groups in total. The van der Waals surface area contributed by atoms with E-state index in [1.807, 2.05) is 0 Å². The van der Waals surface area contributed by atoms with Crippen LogP contribution in [-0.4, -0.2) is 51.5 Å². The number of aliphatic hydroxyl groups excluding tert-OH is 2. The molecule has 4 aliphatic carbocycles. The van der Waals surface area contributed by atoms with Gasteiger partial charge >= 0.3 is 5.97 Å². The molecule has 43 heavy (non-hydrogen) atoms. The maximum Gasteiger partial charge on any atom is 0.306 e. The van der Waals surface area contributed by atoms with Crippen LogP contribution >= 0.6 is 0 Å². The van der Waals surface area contributed by atoms with Crippen LogP contribution in [0, 0.1) is 34.5 Å². The van der Waals surface area contributed by atoms with Gasteiger partial charge in [0, 0.05) is 12.3 Å². The lowest BCUT2D eigenvalue weighted by Gasteiger charge is -2.47. The third-order valence-electron chi connectivity index (χ3n) is 11.7. The molecule has 6 nitrogen and oxygen atoms in total. The molecule has 4 aliphatic rings. The molecule has 0 saturated heterocycles. The number of hydrogen-bond acceptors (Lipinski definition) is 6. The van der Waals surface area contributed by atoms with E-state index < -0.39 is 29.1 Å². The first kappa shape index (κ1) is 34.4. The lowest BCUT2D eigenvalue weighted by atomic mass is 9.60. The van der Waals surface area contributed by atoms with Crippen molar-refractivity contribution >= 4 is 11.8 Å². The lowest BCUT2D eigenvalue weighted by Crippen LogP contribution is -2.63. The van der Waals surface area contributed by atoms with Gasteiger partial charge in [-0.25, -0.2) is 0 Å². The zero-order valence-electron chi connectivity index (χ0n) is 27.7. The number of unbranched alkanes of at least 4 members (excludes halogenated alkanes) is 12. The fourth-order valence-corrected chi connectivity index (χ4v) is 9.07.